The van der Waals surface area contributed by atoms with Gasteiger partial charge in [-0.2, -0.15) is 0 Å². The quantitative estimate of drug-likeness (QED) is 0.702. The van der Waals surface area contributed by atoms with Crippen LogP contribution in [0.4, 0.5) is 0 Å². The molecule has 144 valence electrons. The Morgan fingerprint density at radius 2 is 1.67 bits per heavy atom. The van der Waals surface area contributed by atoms with Gasteiger partial charge in [-0.1, -0.05) is 54.1 Å². The minimum absolute atomic E-state index is 0. The molecule has 0 radical (unpaired) electrons. The number of aliphatic carboxylic acids is 1. The fraction of sp³-hybridized carbons (Fsp3) is 0.381. The van der Waals surface area contributed by atoms with Crippen molar-refractivity contribution in [2.45, 2.75) is 6.04 Å². The second-order valence-electron chi connectivity index (χ2n) is 6.69. The molecule has 0 bridgehead atoms. The number of nitrogens with zero attached hydrogens (tertiary/aromatic N) is 2. The lowest BCUT2D eigenvalue weighted by molar-refractivity contribution is -0.142. The molecule has 6 heteroatoms. The summed E-state index contributed by atoms with van der Waals surface area (Å²) in [6.07, 6.45) is 0. The summed E-state index contributed by atoms with van der Waals surface area (Å²) in [5.41, 5.74) is 2.52. The highest BCUT2D eigenvalue weighted by Gasteiger charge is 2.26. The van der Waals surface area contributed by atoms with Gasteiger partial charge in [0.1, 0.15) is 6.61 Å². The van der Waals surface area contributed by atoms with Crippen LogP contribution in [0.25, 0.3) is 0 Å². The summed E-state index contributed by atoms with van der Waals surface area (Å²) in [6, 6.07) is 18.8. The lowest BCUT2D eigenvalue weighted by Gasteiger charge is -2.39. The summed E-state index contributed by atoms with van der Waals surface area (Å²) in [5.74, 6) is -0.923. The van der Waals surface area contributed by atoms with E-state index in [4.69, 9.17) is 21.4 Å². The largest absolute Gasteiger partial charge is 1.00 e. The van der Waals surface area contributed by atoms with Crippen molar-refractivity contribution in [1.29, 1.82) is 0 Å². The van der Waals surface area contributed by atoms with Crippen LogP contribution in [-0.2, 0) is 9.53 Å². The topological polar surface area (TPSA) is 53.0 Å². The van der Waals surface area contributed by atoms with E-state index in [-0.39, 0.29) is 14.1 Å². The van der Waals surface area contributed by atoms with Gasteiger partial charge in [-0.3, -0.25) is 9.80 Å². The van der Waals surface area contributed by atoms with Crippen molar-refractivity contribution in [3.8, 4) is 0 Å². The van der Waals surface area contributed by atoms with Gasteiger partial charge in [0.15, 0.2) is 0 Å². The van der Waals surface area contributed by atoms with E-state index in [9.17, 15) is 4.79 Å². The van der Waals surface area contributed by atoms with E-state index in [0.717, 1.165) is 37.7 Å². The van der Waals surface area contributed by atoms with E-state index in [0.29, 0.717) is 6.61 Å². The smallest absolute Gasteiger partial charge is 0.480 e. The van der Waals surface area contributed by atoms with E-state index >= 15 is 0 Å². The van der Waals surface area contributed by atoms with Crippen molar-refractivity contribution in [2.24, 2.45) is 0 Å². The molecular formula is C21H26ClN2O3+. The Hall–Kier alpha value is -1.92. The van der Waals surface area contributed by atoms with Crippen molar-refractivity contribution in [3.05, 3.63) is 70.7 Å². The van der Waals surface area contributed by atoms with Gasteiger partial charge < -0.3 is 9.84 Å². The molecule has 3 rings (SSSR count). The van der Waals surface area contributed by atoms with Crippen LogP contribution in [0.1, 0.15) is 18.6 Å². The Labute approximate surface area is 166 Å². The Bertz CT molecular complexity index is 722. The molecule has 1 saturated heterocycles. The van der Waals surface area contributed by atoms with Crippen LogP contribution in [0.3, 0.4) is 0 Å². The number of halogens is 1. The van der Waals surface area contributed by atoms with Crippen molar-refractivity contribution >= 4 is 17.6 Å². The Balaban J connectivity index is 0.00000280. The average molecular weight is 390 g/mol. The first-order chi connectivity index (χ1) is 13.1. The zero-order chi connectivity index (χ0) is 19.1. The SMILES string of the molecule is O=C(O)COCCN1CCN(C(c2ccccc2)c2ccc(Cl)cc2)CC1.[H+]. The lowest BCUT2D eigenvalue weighted by Crippen LogP contribution is -2.48. The first-order valence-electron chi connectivity index (χ1n) is 9.20. The van der Waals surface area contributed by atoms with E-state index in [1.165, 1.54) is 11.1 Å². The summed E-state index contributed by atoms with van der Waals surface area (Å²) in [6.45, 7) is 4.75. The number of ether oxygens (including phenoxy) is 1. The molecule has 0 saturated carbocycles. The van der Waals surface area contributed by atoms with Crippen LogP contribution < -0.4 is 0 Å². The number of rotatable bonds is 8. The molecule has 1 atom stereocenters. The highest BCUT2D eigenvalue weighted by molar-refractivity contribution is 6.30. The fourth-order valence-electron chi connectivity index (χ4n) is 3.49. The van der Waals surface area contributed by atoms with Gasteiger partial charge in [0, 0.05) is 37.7 Å². The molecule has 1 unspecified atom stereocenters. The minimum atomic E-state index is -0.923. The predicted octanol–water partition coefficient (Wildman–Crippen LogP) is 3.26. The van der Waals surface area contributed by atoms with Crippen LogP contribution in [0, 0.1) is 0 Å². The maximum Gasteiger partial charge on any atom is 1.00 e. The summed E-state index contributed by atoms with van der Waals surface area (Å²) >= 11 is 6.08. The summed E-state index contributed by atoms with van der Waals surface area (Å²) in [7, 11) is 0. The number of carboxylic acids is 1. The third kappa shape index (κ3) is 5.78. The highest BCUT2D eigenvalue weighted by atomic mass is 35.5. The third-order valence-electron chi connectivity index (χ3n) is 4.85. The molecule has 1 aliphatic rings. The third-order valence-corrected chi connectivity index (χ3v) is 5.10. The summed E-state index contributed by atoms with van der Waals surface area (Å²) in [5, 5.41) is 9.37. The first-order valence-corrected chi connectivity index (χ1v) is 9.57. The molecule has 0 aliphatic carbocycles. The van der Waals surface area contributed by atoms with Crippen molar-refractivity contribution in [3.63, 3.8) is 0 Å². The molecule has 27 heavy (non-hydrogen) atoms. The normalized spacial score (nSPS) is 16.9. The summed E-state index contributed by atoms with van der Waals surface area (Å²) in [4.78, 5) is 15.3. The number of hydrogen-bond donors (Lipinski definition) is 1. The van der Waals surface area contributed by atoms with E-state index < -0.39 is 5.97 Å². The van der Waals surface area contributed by atoms with Gasteiger partial charge in [0.25, 0.3) is 0 Å². The molecule has 0 spiro atoms. The minimum Gasteiger partial charge on any atom is -0.480 e. The van der Waals surface area contributed by atoms with Gasteiger partial charge in [-0.15, -0.1) is 0 Å². The maximum atomic E-state index is 10.5. The maximum absolute atomic E-state index is 10.5. The standard InChI is InChI=1S/C21H25ClN2O3/c22-19-8-6-18(7-9-19)21(17-4-2-1-3-5-17)24-12-10-23(11-13-24)14-15-27-16-20(25)26/h1-9,21H,10-16H2,(H,25,26)/p+1. The summed E-state index contributed by atoms with van der Waals surface area (Å²) < 4.78 is 5.15. The molecule has 1 N–H and O–H groups in total. The zero-order valence-corrected chi connectivity index (χ0v) is 16.0. The second kappa shape index (κ2) is 9.85. The second-order valence-corrected chi connectivity index (χ2v) is 7.13. The number of piperazine rings is 1. The monoisotopic (exact) mass is 389 g/mol. The van der Waals surface area contributed by atoms with Gasteiger partial charge in [0.05, 0.1) is 12.6 Å². The van der Waals surface area contributed by atoms with Gasteiger partial charge in [-0.05, 0) is 23.3 Å². The Morgan fingerprint density at radius 3 is 2.30 bits per heavy atom. The number of carboxylic acid groups (broad SMARTS) is 1. The molecule has 1 aliphatic heterocycles. The van der Waals surface area contributed by atoms with E-state index in [2.05, 4.69) is 46.2 Å². The molecule has 2 aromatic carbocycles. The van der Waals surface area contributed by atoms with Crippen LogP contribution in [0.5, 0.6) is 0 Å². The van der Waals surface area contributed by atoms with Gasteiger partial charge in [-0.25, -0.2) is 4.79 Å². The van der Waals surface area contributed by atoms with Crippen molar-refractivity contribution in [2.75, 3.05) is 45.9 Å². The highest BCUT2D eigenvalue weighted by Crippen LogP contribution is 2.30. The molecule has 2 aromatic rings. The Morgan fingerprint density at radius 1 is 1.04 bits per heavy atom. The van der Waals surface area contributed by atoms with E-state index in [1.54, 1.807) is 0 Å². The van der Waals surface area contributed by atoms with Crippen molar-refractivity contribution < 1.29 is 16.1 Å². The van der Waals surface area contributed by atoms with Crippen LogP contribution >= 0.6 is 11.6 Å². The molecule has 1 fully saturated rings. The van der Waals surface area contributed by atoms with Crippen molar-refractivity contribution in [1.82, 2.24) is 9.80 Å². The number of carbonyl (C=O) groups is 1. The van der Waals surface area contributed by atoms with Crippen LogP contribution in [0.15, 0.2) is 54.6 Å². The van der Waals surface area contributed by atoms with Gasteiger partial charge in [0.2, 0.25) is 0 Å². The Kier molecular flexibility index (Phi) is 7.24. The van der Waals surface area contributed by atoms with Crippen LogP contribution in [0.2, 0.25) is 5.02 Å². The van der Waals surface area contributed by atoms with Gasteiger partial charge >= 0.3 is 7.40 Å². The molecule has 0 aromatic heterocycles. The molecular weight excluding hydrogens is 364 g/mol. The molecule has 5 nitrogen and oxygen atoms in total. The average Bonchev–Trinajstić information content (AvgIpc) is 2.69. The molecule has 1 heterocycles. The zero-order valence-electron chi connectivity index (χ0n) is 16.3. The molecule has 0 amide bonds. The van der Waals surface area contributed by atoms with E-state index in [1.807, 2.05) is 18.2 Å². The first kappa shape index (κ1) is 19.8. The lowest BCUT2D eigenvalue weighted by atomic mass is 9.96. The predicted molar refractivity (Wildman–Crippen MR) is 107 cm³/mol. The number of benzene rings is 2. The number of hydrogen-bond acceptors (Lipinski definition) is 4. The van der Waals surface area contributed by atoms with Crippen LogP contribution in [-0.4, -0.2) is 66.8 Å². The fourth-order valence-corrected chi connectivity index (χ4v) is 3.62.